The molecule has 0 spiro atoms. The average molecular weight is 208 g/mol. The van der Waals surface area contributed by atoms with Crippen LogP contribution in [0, 0.1) is 0 Å². The minimum atomic E-state index is -0.154. The van der Waals surface area contributed by atoms with Gasteiger partial charge in [0.15, 0.2) is 0 Å². The van der Waals surface area contributed by atoms with E-state index in [9.17, 15) is 4.79 Å². The van der Waals surface area contributed by atoms with Crippen LogP contribution in [0.1, 0.15) is 29.7 Å². The summed E-state index contributed by atoms with van der Waals surface area (Å²) in [6, 6.07) is 1.84. The van der Waals surface area contributed by atoms with Crippen molar-refractivity contribution in [3.05, 3.63) is 33.2 Å². The number of pyridine rings is 1. The second-order valence-corrected chi connectivity index (χ2v) is 4.03. The fraction of sp³-hybridized carbons (Fsp3) is 0.400. The lowest BCUT2D eigenvalue weighted by atomic mass is 9.95. The van der Waals surface area contributed by atoms with E-state index >= 15 is 0 Å². The van der Waals surface area contributed by atoms with Crippen LogP contribution < -0.4 is 11.3 Å². The van der Waals surface area contributed by atoms with Crippen LogP contribution in [0.2, 0.25) is 0 Å². The fourth-order valence-electron chi connectivity index (χ4n) is 1.86. The highest BCUT2D eigenvalue weighted by atomic mass is 32.1. The van der Waals surface area contributed by atoms with Crippen molar-refractivity contribution < 1.29 is 0 Å². The predicted molar refractivity (Wildman–Crippen MR) is 59.6 cm³/mol. The molecule has 0 saturated heterocycles. The molecule has 1 aromatic heterocycles. The Morgan fingerprint density at radius 2 is 2.14 bits per heavy atom. The van der Waals surface area contributed by atoms with E-state index in [1.54, 1.807) is 0 Å². The molecule has 2 rings (SSSR count). The Morgan fingerprint density at radius 1 is 1.43 bits per heavy atom. The molecule has 74 valence electrons. The number of nitrogens with one attached hydrogen (secondary N) is 1. The highest BCUT2D eigenvalue weighted by Crippen LogP contribution is 2.18. The second kappa shape index (κ2) is 3.53. The van der Waals surface area contributed by atoms with Crippen molar-refractivity contribution in [3.63, 3.8) is 0 Å². The van der Waals surface area contributed by atoms with Crippen LogP contribution in [0.25, 0.3) is 0 Å². The van der Waals surface area contributed by atoms with E-state index in [4.69, 9.17) is 18.0 Å². The van der Waals surface area contributed by atoms with Crippen molar-refractivity contribution >= 4 is 17.2 Å². The van der Waals surface area contributed by atoms with E-state index in [1.807, 2.05) is 6.07 Å². The van der Waals surface area contributed by atoms with Gasteiger partial charge in [0.2, 0.25) is 0 Å². The van der Waals surface area contributed by atoms with Gasteiger partial charge in [-0.2, -0.15) is 0 Å². The zero-order chi connectivity index (χ0) is 10.1. The zero-order valence-electron chi connectivity index (χ0n) is 7.80. The molecule has 0 atom stereocenters. The zero-order valence-corrected chi connectivity index (χ0v) is 8.62. The lowest BCUT2D eigenvalue weighted by Crippen LogP contribution is -2.25. The summed E-state index contributed by atoms with van der Waals surface area (Å²) in [6.07, 6.45) is 4.30. The molecule has 14 heavy (non-hydrogen) atoms. The van der Waals surface area contributed by atoms with Crippen LogP contribution in [0.4, 0.5) is 0 Å². The molecule has 3 N–H and O–H groups in total. The highest BCUT2D eigenvalue weighted by molar-refractivity contribution is 7.80. The molecule has 3 nitrogen and oxygen atoms in total. The first-order valence-electron chi connectivity index (χ1n) is 4.73. The van der Waals surface area contributed by atoms with E-state index in [1.165, 1.54) is 12.0 Å². The molecule has 4 heteroatoms. The minimum Gasteiger partial charge on any atom is -0.389 e. The number of thiocarbonyl (C=S) groups is 1. The van der Waals surface area contributed by atoms with E-state index in [0.717, 1.165) is 25.0 Å². The first kappa shape index (κ1) is 9.40. The fourth-order valence-corrected chi connectivity index (χ4v) is 2.01. The number of hydrogen-bond acceptors (Lipinski definition) is 2. The van der Waals surface area contributed by atoms with Gasteiger partial charge in [-0.1, -0.05) is 12.2 Å². The maximum Gasteiger partial charge on any atom is 0.258 e. The maximum atomic E-state index is 11.5. The summed E-state index contributed by atoms with van der Waals surface area (Å²) >= 11 is 4.81. The van der Waals surface area contributed by atoms with Gasteiger partial charge in [-0.3, -0.25) is 4.79 Å². The highest BCUT2D eigenvalue weighted by Gasteiger charge is 2.13. The summed E-state index contributed by atoms with van der Waals surface area (Å²) in [4.78, 5) is 14.5. The monoisotopic (exact) mass is 208 g/mol. The lowest BCUT2D eigenvalue weighted by Gasteiger charge is -2.15. The van der Waals surface area contributed by atoms with Gasteiger partial charge in [-0.15, -0.1) is 0 Å². The smallest absolute Gasteiger partial charge is 0.258 e. The van der Waals surface area contributed by atoms with Gasteiger partial charge in [0.05, 0.1) is 5.56 Å². The Hall–Kier alpha value is -1.16. The topological polar surface area (TPSA) is 58.9 Å². The Labute approximate surface area is 87.3 Å². The summed E-state index contributed by atoms with van der Waals surface area (Å²) in [7, 11) is 0. The molecule has 0 bridgehead atoms. The molecule has 0 amide bonds. The summed E-state index contributed by atoms with van der Waals surface area (Å²) < 4.78 is 0. The lowest BCUT2D eigenvalue weighted by molar-refractivity contribution is 0.665. The molecule has 0 radical (unpaired) electrons. The second-order valence-electron chi connectivity index (χ2n) is 3.59. The summed E-state index contributed by atoms with van der Waals surface area (Å²) in [6.45, 7) is 0. The van der Waals surface area contributed by atoms with Gasteiger partial charge in [0.25, 0.3) is 5.56 Å². The standard InChI is InChI=1S/C10H12N2OS/c11-9(14)7-5-6-3-1-2-4-8(6)12-10(7)13/h5H,1-4H2,(H2,11,14)(H,12,13). The number of aromatic nitrogens is 1. The number of nitrogens with two attached hydrogens (primary N) is 1. The normalized spacial score (nSPS) is 14.9. The number of hydrogen-bond donors (Lipinski definition) is 2. The third-order valence-electron chi connectivity index (χ3n) is 2.60. The van der Waals surface area contributed by atoms with Crippen LogP contribution in [0.5, 0.6) is 0 Å². The van der Waals surface area contributed by atoms with E-state index in [2.05, 4.69) is 4.98 Å². The van der Waals surface area contributed by atoms with Crippen molar-refractivity contribution in [2.75, 3.05) is 0 Å². The molecule has 0 aliphatic heterocycles. The first-order chi connectivity index (χ1) is 6.68. The Bertz CT molecular complexity index is 436. The van der Waals surface area contributed by atoms with E-state index in [0.29, 0.717) is 5.56 Å². The number of H-pyrrole nitrogens is 1. The SMILES string of the molecule is NC(=S)c1cc2c([nH]c1=O)CCCC2. The Morgan fingerprint density at radius 3 is 2.86 bits per heavy atom. The summed E-state index contributed by atoms with van der Waals surface area (Å²) in [5.74, 6) is 0. The molecule has 0 aromatic carbocycles. The minimum absolute atomic E-state index is 0.154. The molecule has 1 aliphatic carbocycles. The number of aromatic amines is 1. The molecule has 0 unspecified atom stereocenters. The van der Waals surface area contributed by atoms with Gasteiger partial charge < -0.3 is 10.7 Å². The van der Waals surface area contributed by atoms with Crippen molar-refractivity contribution in [1.82, 2.24) is 4.98 Å². The Balaban J connectivity index is 2.56. The van der Waals surface area contributed by atoms with Crippen molar-refractivity contribution in [3.8, 4) is 0 Å². The summed E-state index contributed by atoms with van der Waals surface area (Å²) in [5.41, 5.74) is 8.00. The van der Waals surface area contributed by atoms with Crippen molar-refractivity contribution in [2.24, 2.45) is 5.73 Å². The van der Waals surface area contributed by atoms with E-state index < -0.39 is 0 Å². The van der Waals surface area contributed by atoms with Crippen LogP contribution >= 0.6 is 12.2 Å². The van der Waals surface area contributed by atoms with Gasteiger partial charge >= 0.3 is 0 Å². The third-order valence-corrected chi connectivity index (χ3v) is 2.82. The summed E-state index contributed by atoms with van der Waals surface area (Å²) in [5, 5.41) is 0. The molecule has 1 aliphatic rings. The third kappa shape index (κ3) is 1.57. The molecule has 1 aromatic rings. The number of aryl methyl sites for hydroxylation is 2. The number of fused-ring (bicyclic) bond motifs is 1. The number of rotatable bonds is 1. The quantitative estimate of drug-likeness (QED) is 0.674. The van der Waals surface area contributed by atoms with Crippen LogP contribution in [0.3, 0.4) is 0 Å². The first-order valence-corrected chi connectivity index (χ1v) is 5.14. The van der Waals surface area contributed by atoms with Gasteiger partial charge in [-0.25, -0.2) is 0 Å². The van der Waals surface area contributed by atoms with Gasteiger partial charge in [-0.05, 0) is 37.3 Å². The van der Waals surface area contributed by atoms with Crippen LogP contribution in [-0.4, -0.2) is 9.97 Å². The maximum absolute atomic E-state index is 11.5. The van der Waals surface area contributed by atoms with Gasteiger partial charge in [0, 0.05) is 5.69 Å². The molecule has 0 saturated carbocycles. The largest absolute Gasteiger partial charge is 0.389 e. The van der Waals surface area contributed by atoms with Gasteiger partial charge in [0.1, 0.15) is 4.99 Å². The van der Waals surface area contributed by atoms with Crippen LogP contribution in [0.15, 0.2) is 10.9 Å². The molecule has 0 fully saturated rings. The van der Waals surface area contributed by atoms with Crippen molar-refractivity contribution in [2.45, 2.75) is 25.7 Å². The molecule has 1 heterocycles. The molecular formula is C10H12N2OS. The average Bonchev–Trinajstić information content (AvgIpc) is 2.16. The molecular weight excluding hydrogens is 196 g/mol. The van der Waals surface area contributed by atoms with E-state index in [-0.39, 0.29) is 10.5 Å². The van der Waals surface area contributed by atoms with Crippen LogP contribution in [-0.2, 0) is 12.8 Å². The van der Waals surface area contributed by atoms with Crippen molar-refractivity contribution in [1.29, 1.82) is 0 Å². The predicted octanol–water partition coefficient (Wildman–Crippen LogP) is 0.888. The Kier molecular flexibility index (Phi) is 2.37.